The summed E-state index contributed by atoms with van der Waals surface area (Å²) in [6.45, 7) is 1.76. The van der Waals surface area contributed by atoms with E-state index in [0.29, 0.717) is 41.1 Å². The van der Waals surface area contributed by atoms with Crippen molar-refractivity contribution in [1.82, 2.24) is 5.32 Å². The molecule has 29 heavy (non-hydrogen) atoms. The molecule has 2 saturated heterocycles. The average molecular weight is 438 g/mol. The van der Waals surface area contributed by atoms with Gasteiger partial charge in [0, 0.05) is 29.3 Å². The molecule has 154 valence electrons. The molecule has 2 aliphatic rings. The van der Waals surface area contributed by atoms with Gasteiger partial charge in [-0.05, 0) is 36.4 Å². The molecule has 2 N–H and O–H groups in total. The molecule has 1 aromatic carbocycles. The van der Waals surface area contributed by atoms with Crippen molar-refractivity contribution in [2.45, 2.75) is 12.3 Å². The molecule has 0 saturated carbocycles. The molecule has 0 spiro atoms. The van der Waals surface area contributed by atoms with Gasteiger partial charge >= 0.3 is 6.09 Å². The van der Waals surface area contributed by atoms with Crippen LogP contribution in [0, 0.1) is 0 Å². The minimum absolute atomic E-state index is 0.0818. The number of nitrogens with zero attached hydrogens (tertiary/aromatic N) is 2. The standard InChI is InChI=1S/C19H20ClN3O5S/c20-16-6-5-15(29-16)18(25)21-9-14-10-23(19(26)28-14)13-3-1-12(2-4-13)22-7-8-27-11-17(22)24/h1-6,14,18,21,25H,7-11H2/t14-,18?/m0/s1. The van der Waals surface area contributed by atoms with E-state index in [-0.39, 0.29) is 12.5 Å². The van der Waals surface area contributed by atoms with Crippen molar-refractivity contribution in [3.8, 4) is 0 Å². The van der Waals surface area contributed by atoms with E-state index < -0.39 is 18.4 Å². The second-order valence-electron chi connectivity index (χ2n) is 6.68. The molecule has 0 aliphatic carbocycles. The molecule has 8 nitrogen and oxygen atoms in total. The van der Waals surface area contributed by atoms with E-state index in [2.05, 4.69) is 5.32 Å². The second-order valence-corrected chi connectivity index (χ2v) is 8.43. The first kappa shape index (κ1) is 20.1. The SMILES string of the molecule is O=C1COCCN1c1ccc(N2C[C@H](CNC(O)c3ccc(Cl)s3)OC2=O)cc1. The molecule has 2 atom stereocenters. The lowest BCUT2D eigenvalue weighted by atomic mass is 10.2. The van der Waals surface area contributed by atoms with Gasteiger partial charge in [0.25, 0.3) is 5.91 Å². The number of ether oxygens (including phenoxy) is 2. The van der Waals surface area contributed by atoms with E-state index in [1.807, 2.05) is 12.1 Å². The Kier molecular flexibility index (Phi) is 6.02. The van der Waals surface area contributed by atoms with Crippen molar-refractivity contribution in [3.63, 3.8) is 0 Å². The van der Waals surface area contributed by atoms with Gasteiger partial charge in [0.2, 0.25) is 0 Å². The van der Waals surface area contributed by atoms with Crippen LogP contribution < -0.4 is 15.1 Å². The van der Waals surface area contributed by atoms with Gasteiger partial charge in [-0.2, -0.15) is 0 Å². The van der Waals surface area contributed by atoms with E-state index in [1.54, 1.807) is 29.2 Å². The number of carbonyl (C=O) groups excluding carboxylic acids is 2. The molecular formula is C19H20ClN3O5S. The summed E-state index contributed by atoms with van der Waals surface area (Å²) in [6.07, 6.45) is -1.71. The number of thiophene rings is 1. The molecule has 1 unspecified atom stereocenters. The van der Waals surface area contributed by atoms with E-state index in [1.165, 1.54) is 16.2 Å². The van der Waals surface area contributed by atoms with Crippen molar-refractivity contribution in [3.05, 3.63) is 45.6 Å². The minimum atomic E-state index is -0.870. The minimum Gasteiger partial charge on any atom is -0.443 e. The fourth-order valence-electron chi connectivity index (χ4n) is 3.26. The highest BCUT2D eigenvalue weighted by Crippen LogP contribution is 2.27. The Morgan fingerprint density at radius 1 is 1.17 bits per heavy atom. The van der Waals surface area contributed by atoms with E-state index in [0.717, 1.165) is 5.69 Å². The first-order valence-electron chi connectivity index (χ1n) is 9.14. The Hall–Kier alpha value is -2.17. The molecule has 2 aliphatic heterocycles. The zero-order valence-corrected chi connectivity index (χ0v) is 17.0. The maximum absolute atomic E-state index is 12.3. The second kappa shape index (κ2) is 8.68. The van der Waals surface area contributed by atoms with Gasteiger partial charge in [-0.15, -0.1) is 11.3 Å². The number of morpholine rings is 1. The Labute approximate surface area is 176 Å². The number of hydrogen-bond donors (Lipinski definition) is 2. The van der Waals surface area contributed by atoms with Crippen molar-refractivity contribution >= 4 is 46.3 Å². The van der Waals surface area contributed by atoms with Crippen LogP contribution in [0.15, 0.2) is 36.4 Å². The van der Waals surface area contributed by atoms with Crippen LogP contribution in [0.2, 0.25) is 4.34 Å². The van der Waals surface area contributed by atoms with Crippen LogP contribution in [-0.2, 0) is 14.3 Å². The molecular weight excluding hydrogens is 418 g/mol. The van der Waals surface area contributed by atoms with E-state index in [9.17, 15) is 14.7 Å². The number of rotatable bonds is 6. The van der Waals surface area contributed by atoms with Crippen LogP contribution in [0.3, 0.4) is 0 Å². The van der Waals surface area contributed by atoms with Gasteiger partial charge in [-0.1, -0.05) is 11.6 Å². The normalized spacial score (nSPS) is 20.8. The van der Waals surface area contributed by atoms with Crippen molar-refractivity contribution in [2.75, 3.05) is 42.6 Å². The molecule has 4 rings (SSSR count). The predicted molar refractivity (Wildman–Crippen MR) is 110 cm³/mol. The fraction of sp³-hybridized carbons (Fsp3) is 0.368. The van der Waals surface area contributed by atoms with E-state index in [4.69, 9.17) is 21.1 Å². The zero-order chi connectivity index (χ0) is 20.4. The summed E-state index contributed by atoms with van der Waals surface area (Å²) in [4.78, 5) is 28.1. The first-order valence-corrected chi connectivity index (χ1v) is 10.3. The number of aliphatic hydroxyl groups is 1. The lowest BCUT2D eigenvalue weighted by molar-refractivity contribution is -0.125. The van der Waals surface area contributed by atoms with Crippen molar-refractivity contribution in [1.29, 1.82) is 0 Å². The van der Waals surface area contributed by atoms with Crippen LogP contribution in [0.5, 0.6) is 0 Å². The largest absolute Gasteiger partial charge is 0.443 e. The number of nitrogens with one attached hydrogen (secondary N) is 1. The summed E-state index contributed by atoms with van der Waals surface area (Å²) in [5.41, 5.74) is 1.46. The molecule has 2 amide bonds. The number of anilines is 2. The van der Waals surface area contributed by atoms with Gasteiger partial charge in [0.05, 0.1) is 17.5 Å². The maximum Gasteiger partial charge on any atom is 0.414 e. The van der Waals surface area contributed by atoms with Crippen LogP contribution >= 0.6 is 22.9 Å². The number of cyclic esters (lactones) is 1. The highest BCUT2D eigenvalue weighted by molar-refractivity contribution is 7.16. The molecule has 2 aromatic rings. The lowest BCUT2D eigenvalue weighted by Crippen LogP contribution is -2.41. The summed E-state index contributed by atoms with van der Waals surface area (Å²) in [5.74, 6) is -0.0821. The quantitative estimate of drug-likeness (QED) is 0.674. The fourth-order valence-corrected chi connectivity index (χ4v) is 4.28. The predicted octanol–water partition coefficient (Wildman–Crippen LogP) is 2.37. The molecule has 1 aromatic heterocycles. The van der Waals surface area contributed by atoms with Crippen LogP contribution in [0.1, 0.15) is 11.1 Å². The van der Waals surface area contributed by atoms with Gasteiger partial charge in [-0.25, -0.2) is 4.79 Å². The average Bonchev–Trinajstić information content (AvgIpc) is 3.32. The van der Waals surface area contributed by atoms with E-state index >= 15 is 0 Å². The highest BCUT2D eigenvalue weighted by atomic mass is 35.5. The smallest absolute Gasteiger partial charge is 0.414 e. The Morgan fingerprint density at radius 3 is 2.55 bits per heavy atom. The summed E-state index contributed by atoms with van der Waals surface area (Å²) < 4.78 is 11.1. The van der Waals surface area contributed by atoms with Crippen LogP contribution in [-0.4, -0.2) is 56.1 Å². The summed E-state index contributed by atoms with van der Waals surface area (Å²) in [5, 5.41) is 13.1. The summed E-state index contributed by atoms with van der Waals surface area (Å²) >= 11 is 7.17. The zero-order valence-electron chi connectivity index (χ0n) is 15.4. The number of aliphatic hydroxyl groups excluding tert-OH is 1. The molecule has 0 bridgehead atoms. The molecule has 0 radical (unpaired) electrons. The first-order chi connectivity index (χ1) is 14.0. The third-order valence-corrected chi connectivity index (χ3v) is 6.02. The van der Waals surface area contributed by atoms with Crippen LogP contribution in [0.4, 0.5) is 16.2 Å². The van der Waals surface area contributed by atoms with Crippen molar-refractivity contribution in [2.24, 2.45) is 0 Å². The Balaban J connectivity index is 1.34. The number of amides is 2. The highest BCUT2D eigenvalue weighted by Gasteiger charge is 2.33. The van der Waals surface area contributed by atoms with Crippen molar-refractivity contribution < 1.29 is 24.2 Å². The maximum atomic E-state index is 12.3. The topological polar surface area (TPSA) is 91.3 Å². The molecule has 3 heterocycles. The van der Waals surface area contributed by atoms with Gasteiger partial charge < -0.3 is 19.5 Å². The molecule has 10 heteroatoms. The van der Waals surface area contributed by atoms with Gasteiger partial charge in [-0.3, -0.25) is 15.0 Å². The number of hydrogen-bond acceptors (Lipinski definition) is 7. The lowest BCUT2D eigenvalue weighted by Gasteiger charge is -2.27. The Bertz CT molecular complexity index is 890. The summed E-state index contributed by atoms with van der Waals surface area (Å²) in [7, 11) is 0. The third-order valence-electron chi connectivity index (χ3n) is 4.74. The van der Waals surface area contributed by atoms with Gasteiger partial charge in [0.15, 0.2) is 0 Å². The molecule has 2 fully saturated rings. The third kappa shape index (κ3) is 4.54. The number of halogens is 1. The Morgan fingerprint density at radius 2 is 1.90 bits per heavy atom. The van der Waals surface area contributed by atoms with Crippen LogP contribution in [0.25, 0.3) is 0 Å². The monoisotopic (exact) mass is 437 g/mol. The summed E-state index contributed by atoms with van der Waals surface area (Å²) in [6, 6.07) is 10.7. The van der Waals surface area contributed by atoms with Gasteiger partial charge in [0.1, 0.15) is 18.9 Å². The number of benzene rings is 1. The number of carbonyl (C=O) groups is 2.